The zero-order valence-electron chi connectivity index (χ0n) is 16.7. The Hall–Kier alpha value is -3.22. The second-order valence-corrected chi connectivity index (χ2v) is 7.10. The quantitative estimate of drug-likeness (QED) is 0.618. The van der Waals surface area contributed by atoms with Gasteiger partial charge in [0.1, 0.15) is 11.3 Å². The molecule has 0 fully saturated rings. The van der Waals surface area contributed by atoms with Crippen molar-refractivity contribution in [2.45, 2.75) is 46.1 Å². The molecule has 0 bridgehead atoms. The number of esters is 1. The summed E-state index contributed by atoms with van der Waals surface area (Å²) in [5.74, 6) is -0.590. The molecule has 29 heavy (non-hydrogen) atoms. The van der Waals surface area contributed by atoms with E-state index < -0.39 is 5.97 Å². The fourth-order valence-electron chi connectivity index (χ4n) is 3.75. The molecular formula is C22H24N4O3. The van der Waals surface area contributed by atoms with Crippen molar-refractivity contribution in [1.29, 1.82) is 0 Å². The van der Waals surface area contributed by atoms with Crippen LogP contribution in [0.3, 0.4) is 0 Å². The van der Waals surface area contributed by atoms with Crippen molar-refractivity contribution >= 4 is 22.4 Å². The summed E-state index contributed by atoms with van der Waals surface area (Å²) < 4.78 is 8.64. The van der Waals surface area contributed by atoms with Gasteiger partial charge in [-0.2, -0.15) is 0 Å². The SMILES string of the molecule is CCOC(=O)c1cn(CC)c2cc(-n3cc(C4=CCCCC4)nn3)ccc2c1=O. The number of allylic oxidation sites excluding steroid dienone is 2. The van der Waals surface area contributed by atoms with Gasteiger partial charge in [0.15, 0.2) is 0 Å². The summed E-state index contributed by atoms with van der Waals surface area (Å²) in [4.78, 5) is 25.0. The average molecular weight is 392 g/mol. The number of carbonyl (C=O) groups excluding carboxylic acids is 1. The predicted molar refractivity (Wildman–Crippen MR) is 111 cm³/mol. The van der Waals surface area contributed by atoms with Gasteiger partial charge in [0.2, 0.25) is 5.43 Å². The third kappa shape index (κ3) is 3.60. The topological polar surface area (TPSA) is 79.0 Å². The number of nitrogens with zero attached hydrogens (tertiary/aromatic N) is 4. The van der Waals surface area contributed by atoms with E-state index in [0.717, 1.165) is 29.7 Å². The fourth-order valence-corrected chi connectivity index (χ4v) is 3.75. The van der Waals surface area contributed by atoms with Gasteiger partial charge in [0.05, 0.1) is 24.0 Å². The van der Waals surface area contributed by atoms with E-state index in [2.05, 4.69) is 16.4 Å². The van der Waals surface area contributed by atoms with E-state index >= 15 is 0 Å². The van der Waals surface area contributed by atoms with Crippen LogP contribution < -0.4 is 5.43 Å². The average Bonchev–Trinajstić information content (AvgIpc) is 3.25. The number of carbonyl (C=O) groups is 1. The Bertz CT molecular complexity index is 1160. The molecule has 1 aliphatic carbocycles. The van der Waals surface area contributed by atoms with E-state index in [9.17, 15) is 9.59 Å². The standard InChI is InChI=1S/C22H24N4O3/c1-3-25-13-18(22(28)29-4-2)21(27)17-11-10-16(12-20(17)25)26-14-19(23-24-26)15-8-6-5-7-9-15/h8,10-14H,3-7,9H2,1-2H3. The lowest BCUT2D eigenvalue weighted by Crippen LogP contribution is -2.21. The van der Waals surface area contributed by atoms with E-state index in [4.69, 9.17) is 4.74 Å². The molecule has 0 radical (unpaired) electrons. The highest BCUT2D eigenvalue weighted by Crippen LogP contribution is 2.26. The first-order valence-corrected chi connectivity index (χ1v) is 10.1. The molecule has 1 aromatic carbocycles. The molecule has 7 heteroatoms. The summed E-state index contributed by atoms with van der Waals surface area (Å²) in [7, 11) is 0. The molecule has 7 nitrogen and oxygen atoms in total. The summed E-state index contributed by atoms with van der Waals surface area (Å²) in [5.41, 5.74) is 3.45. The third-order valence-electron chi connectivity index (χ3n) is 5.28. The Kier molecular flexibility index (Phi) is 5.29. The molecule has 3 aromatic rings. The van der Waals surface area contributed by atoms with Crippen molar-refractivity contribution in [3.8, 4) is 5.69 Å². The van der Waals surface area contributed by atoms with Crippen molar-refractivity contribution in [2.75, 3.05) is 6.61 Å². The zero-order valence-corrected chi connectivity index (χ0v) is 16.7. The lowest BCUT2D eigenvalue weighted by Gasteiger charge is -2.12. The molecule has 0 aliphatic heterocycles. The fraction of sp³-hybridized carbons (Fsp3) is 0.364. The molecule has 2 heterocycles. The van der Waals surface area contributed by atoms with Gasteiger partial charge in [0, 0.05) is 18.1 Å². The molecule has 0 saturated heterocycles. The second-order valence-electron chi connectivity index (χ2n) is 7.10. The molecule has 0 N–H and O–H groups in total. The first-order chi connectivity index (χ1) is 14.1. The number of hydrogen-bond donors (Lipinski definition) is 0. The zero-order chi connectivity index (χ0) is 20.4. The normalized spacial score (nSPS) is 14.1. The van der Waals surface area contributed by atoms with Crippen molar-refractivity contribution < 1.29 is 9.53 Å². The maximum Gasteiger partial charge on any atom is 0.343 e. The highest BCUT2D eigenvalue weighted by molar-refractivity contribution is 5.94. The number of aryl methyl sites for hydroxylation is 1. The lowest BCUT2D eigenvalue weighted by molar-refractivity contribution is 0.0524. The van der Waals surface area contributed by atoms with Crippen LogP contribution in [0.1, 0.15) is 55.6 Å². The second kappa shape index (κ2) is 8.03. The third-order valence-corrected chi connectivity index (χ3v) is 5.28. The van der Waals surface area contributed by atoms with Crippen LogP contribution in [0, 0.1) is 0 Å². The van der Waals surface area contributed by atoms with Gasteiger partial charge in [-0.05, 0) is 63.3 Å². The Balaban J connectivity index is 1.77. The van der Waals surface area contributed by atoms with Crippen LogP contribution in [0.2, 0.25) is 0 Å². The summed E-state index contributed by atoms with van der Waals surface area (Å²) in [6.45, 7) is 4.53. The van der Waals surface area contributed by atoms with Crippen LogP contribution in [0.4, 0.5) is 0 Å². The van der Waals surface area contributed by atoms with Crippen LogP contribution in [0.25, 0.3) is 22.2 Å². The Labute approximate surface area is 168 Å². The summed E-state index contributed by atoms with van der Waals surface area (Å²) >= 11 is 0. The molecule has 150 valence electrons. The number of aromatic nitrogens is 4. The summed E-state index contributed by atoms with van der Waals surface area (Å²) in [6.07, 6.45) is 10.3. The minimum Gasteiger partial charge on any atom is -0.462 e. The van der Waals surface area contributed by atoms with Gasteiger partial charge in [-0.3, -0.25) is 4.79 Å². The van der Waals surface area contributed by atoms with Gasteiger partial charge >= 0.3 is 5.97 Å². The van der Waals surface area contributed by atoms with Gasteiger partial charge in [-0.1, -0.05) is 11.3 Å². The van der Waals surface area contributed by atoms with Gasteiger partial charge < -0.3 is 9.30 Å². The van der Waals surface area contributed by atoms with Crippen LogP contribution in [0.15, 0.2) is 41.5 Å². The van der Waals surface area contributed by atoms with E-state index in [-0.39, 0.29) is 17.6 Å². The maximum absolute atomic E-state index is 12.8. The number of pyridine rings is 1. The molecule has 2 aromatic heterocycles. The van der Waals surface area contributed by atoms with Crippen LogP contribution in [-0.2, 0) is 11.3 Å². The first kappa shape index (κ1) is 19.1. The largest absolute Gasteiger partial charge is 0.462 e. The van der Waals surface area contributed by atoms with Gasteiger partial charge in [-0.15, -0.1) is 5.10 Å². The monoisotopic (exact) mass is 392 g/mol. The Morgan fingerprint density at radius 1 is 1.21 bits per heavy atom. The molecule has 0 spiro atoms. The smallest absolute Gasteiger partial charge is 0.343 e. The van der Waals surface area contributed by atoms with E-state index in [1.165, 1.54) is 18.4 Å². The molecule has 0 unspecified atom stereocenters. The minimum absolute atomic E-state index is 0.0567. The number of ether oxygens (including phenoxy) is 1. The number of hydrogen-bond acceptors (Lipinski definition) is 5. The van der Waals surface area contributed by atoms with Crippen LogP contribution in [0.5, 0.6) is 0 Å². The Morgan fingerprint density at radius 2 is 2.07 bits per heavy atom. The van der Waals surface area contributed by atoms with Crippen molar-refractivity contribution in [1.82, 2.24) is 19.6 Å². The van der Waals surface area contributed by atoms with E-state index in [1.54, 1.807) is 23.9 Å². The van der Waals surface area contributed by atoms with Gasteiger partial charge in [-0.25, -0.2) is 9.48 Å². The number of rotatable bonds is 5. The highest BCUT2D eigenvalue weighted by atomic mass is 16.5. The molecular weight excluding hydrogens is 368 g/mol. The highest BCUT2D eigenvalue weighted by Gasteiger charge is 2.17. The van der Waals surface area contributed by atoms with Crippen molar-refractivity contribution in [3.63, 3.8) is 0 Å². The van der Waals surface area contributed by atoms with E-state index in [0.29, 0.717) is 11.9 Å². The van der Waals surface area contributed by atoms with Crippen LogP contribution in [-0.4, -0.2) is 32.1 Å². The Morgan fingerprint density at radius 3 is 2.79 bits per heavy atom. The van der Waals surface area contributed by atoms with Crippen LogP contribution >= 0.6 is 0 Å². The number of benzene rings is 1. The summed E-state index contributed by atoms with van der Waals surface area (Å²) in [6, 6.07) is 5.47. The predicted octanol–water partition coefficient (Wildman–Crippen LogP) is 3.74. The molecule has 0 amide bonds. The van der Waals surface area contributed by atoms with E-state index in [1.807, 2.05) is 29.8 Å². The molecule has 0 atom stereocenters. The molecule has 0 saturated carbocycles. The molecule has 1 aliphatic rings. The van der Waals surface area contributed by atoms with Crippen molar-refractivity contribution in [3.05, 3.63) is 58.1 Å². The van der Waals surface area contributed by atoms with Crippen molar-refractivity contribution in [2.24, 2.45) is 0 Å². The number of fused-ring (bicyclic) bond motifs is 1. The van der Waals surface area contributed by atoms with Gasteiger partial charge in [0.25, 0.3) is 0 Å². The lowest BCUT2D eigenvalue weighted by atomic mass is 9.98. The summed E-state index contributed by atoms with van der Waals surface area (Å²) in [5, 5.41) is 9.09. The molecule has 4 rings (SSSR count). The maximum atomic E-state index is 12.8. The minimum atomic E-state index is -0.590. The first-order valence-electron chi connectivity index (χ1n) is 10.1.